The summed E-state index contributed by atoms with van der Waals surface area (Å²) in [4.78, 5) is 18.7. The van der Waals surface area contributed by atoms with Crippen molar-refractivity contribution in [1.29, 1.82) is 5.26 Å². The number of pyridine rings is 1. The van der Waals surface area contributed by atoms with Gasteiger partial charge in [-0.3, -0.25) is 9.78 Å². The minimum atomic E-state index is 0.0951. The van der Waals surface area contributed by atoms with E-state index < -0.39 is 0 Å². The van der Waals surface area contributed by atoms with E-state index in [9.17, 15) is 10.1 Å². The molecule has 0 aliphatic carbocycles. The van der Waals surface area contributed by atoms with E-state index in [1.165, 1.54) is 0 Å². The highest BCUT2D eigenvalue weighted by Crippen LogP contribution is 2.28. The van der Waals surface area contributed by atoms with Crippen LogP contribution in [-0.4, -0.2) is 30.5 Å². The van der Waals surface area contributed by atoms with Crippen LogP contribution in [0.3, 0.4) is 0 Å². The van der Waals surface area contributed by atoms with E-state index in [2.05, 4.69) is 28.2 Å². The predicted octanol–water partition coefficient (Wildman–Crippen LogP) is 2.70. The summed E-state index contributed by atoms with van der Waals surface area (Å²) in [5.41, 5.74) is 3.32. The number of anilines is 1. The molecule has 0 unspecified atom stereocenters. The first kappa shape index (κ1) is 17.3. The van der Waals surface area contributed by atoms with Crippen LogP contribution in [0.5, 0.6) is 0 Å². The molecule has 0 atom stereocenters. The number of aryl methyl sites for hydroxylation is 2. The van der Waals surface area contributed by atoms with Gasteiger partial charge >= 0.3 is 0 Å². The number of carbonyl (C=O) groups is 1. The molecule has 0 spiro atoms. The fourth-order valence-electron chi connectivity index (χ4n) is 3.11. The van der Waals surface area contributed by atoms with E-state index in [-0.39, 0.29) is 11.8 Å². The summed E-state index contributed by atoms with van der Waals surface area (Å²) in [5, 5.41) is 12.4. The van der Waals surface area contributed by atoms with Gasteiger partial charge in [-0.25, -0.2) is 0 Å². The molecule has 1 N–H and O–H groups in total. The molecule has 1 amide bonds. The Morgan fingerprint density at radius 1 is 1.43 bits per heavy atom. The van der Waals surface area contributed by atoms with Crippen LogP contribution in [0.15, 0.2) is 6.07 Å². The van der Waals surface area contributed by atoms with Crippen LogP contribution in [0, 0.1) is 31.1 Å². The summed E-state index contributed by atoms with van der Waals surface area (Å²) in [5.74, 6) is 0.276. The minimum Gasteiger partial charge on any atom is -0.370 e. The molecule has 0 bridgehead atoms. The Kier molecular flexibility index (Phi) is 5.97. The maximum Gasteiger partial charge on any atom is 0.223 e. The number of hydrogen-bond donors (Lipinski definition) is 1. The second kappa shape index (κ2) is 7.96. The third kappa shape index (κ3) is 4.22. The number of piperidine rings is 1. The van der Waals surface area contributed by atoms with E-state index >= 15 is 0 Å². The molecule has 1 aliphatic heterocycles. The Morgan fingerprint density at radius 2 is 2.13 bits per heavy atom. The number of rotatable bonds is 5. The standard InChI is InChI=1S/C18H26N4O/c1-4-5-8-20-18(23)15-6-9-22(10-7-15)17-11-13(2)21-14(3)16(17)12-19/h11,15H,4-10H2,1-3H3,(H,20,23). The minimum absolute atomic E-state index is 0.0951. The number of hydrogen-bond acceptors (Lipinski definition) is 4. The fourth-order valence-corrected chi connectivity index (χ4v) is 3.11. The Labute approximate surface area is 138 Å². The van der Waals surface area contributed by atoms with Crippen LogP contribution in [-0.2, 0) is 4.79 Å². The molecule has 2 rings (SSSR count). The maximum absolute atomic E-state index is 12.2. The zero-order valence-corrected chi connectivity index (χ0v) is 14.4. The summed E-state index contributed by atoms with van der Waals surface area (Å²) in [6.07, 6.45) is 3.80. The highest BCUT2D eigenvalue weighted by Gasteiger charge is 2.26. The molecule has 1 fully saturated rings. The summed E-state index contributed by atoms with van der Waals surface area (Å²) < 4.78 is 0. The van der Waals surface area contributed by atoms with Gasteiger partial charge < -0.3 is 10.2 Å². The van der Waals surface area contributed by atoms with Gasteiger partial charge in [-0.2, -0.15) is 5.26 Å². The van der Waals surface area contributed by atoms with Crippen LogP contribution in [0.25, 0.3) is 0 Å². The molecule has 5 heteroatoms. The summed E-state index contributed by atoms with van der Waals surface area (Å²) >= 11 is 0. The fraction of sp³-hybridized carbons (Fsp3) is 0.611. The van der Waals surface area contributed by atoms with Crippen molar-refractivity contribution >= 4 is 11.6 Å². The van der Waals surface area contributed by atoms with E-state index in [1.54, 1.807) is 0 Å². The average molecular weight is 314 g/mol. The molecule has 0 radical (unpaired) electrons. The van der Waals surface area contributed by atoms with Crippen LogP contribution in [0.2, 0.25) is 0 Å². The molecule has 5 nitrogen and oxygen atoms in total. The zero-order chi connectivity index (χ0) is 16.8. The van der Waals surface area contributed by atoms with E-state index in [0.29, 0.717) is 5.56 Å². The second-order valence-corrected chi connectivity index (χ2v) is 6.26. The first-order valence-corrected chi connectivity index (χ1v) is 8.47. The quantitative estimate of drug-likeness (QED) is 0.848. The highest BCUT2D eigenvalue weighted by molar-refractivity contribution is 5.79. The van der Waals surface area contributed by atoms with E-state index in [1.807, 2.05) is 19.9 Å². The third-order valence-corrected chi connectivity index (χ3v) is 4.46. The van der Waals surface area contributed by atoms with Gasteiger partial charge in [-0.1, -0.05) is 13.3 Å². The summed E-state index contributed by atoms with van der Waals surface area (Å²) in [6.45, 7) is 8.34. The van der Waals surface area contributed by atoms with Crippen LogP contribution in [0.4, 0.5) is 5.69 Å². The molecule has 1 saturated heterocycles. The summed E-state index contributed by atoms with van der Waals surface area (Å²) in [6, 6.07) is 4.25. The molecule has 1 aromatic heterocycles. The number of amides is 1. The zero-order valence-electron chi connectivity index (χ0n) is 14.4. The number of unbranched alkanes of at least 4 members (excludes halogenated alkanes) is 1. The number of nitrogens with one attached hydrogen (secondary N) is 1. The molecule has 2 heterocycles. The van der Waals surface area contributed by atoms with Crippen molar-refractivity contribution in [2.45, 2.75) is 46.5 Å². The van der Waals surface area contributed by atoms with Crippen molar-refractivity contribution in [3.05, 3.63) is 23.0 Å². The average Bonchev–Trinajstić information content (AvgIpc) is 2.54. The lowest BCUT2D eigenvalue weighted by Crippen LogP contribution is -2.41. The normalized spacial score (nSPS) is 15.3. The van der Waals surface area contributed by atoms with E-state index in [4.69, 9.17) is 0 Å². The first-order chi connectivity index (χ1) is 11.1. The SMILES string of the molecule is CCCCNC(=O)C1CCN(c2cc(C)nc(C)c2C#N)CC1. The molecule has 0 saturated carbocycles. The van der Waals surface area contributed by atoms with E-state index in [0.717, 1.165) is 62.4 Å². The molecule has 0 aromatic carbocycles. The van der Waals surface area contributed by atoms with Crippen molar-refractivity contribution in [2.24, 2.45) is 5.92 Å². The maximum atomic E-state index is 12.2. The van der Waals surface area contributed by atoms with Crippen molar-refractivity contribution in [3.63, 3.8) is 0 Å². The Hall–Kier alpha value is -2.09. The van der Waals surface area contributed by atoms with Crippen molar-refractivity contribution < 1.29 is 4.79 Å². The predicted molar refractivity (Wildman–Crippen MR) is 91.3 cm³/mol. The van der Waals surface area contributed by atoms with Gasteiger partial charge in [0.1, 0.15) is 6.07 Å². The third-order valence-electron chi connectivity index (χ3n) is 4.46. The molecule has 124 valence electrons. The lowest BCUT2D eigenvalue weighted by Gasteiger charge is -2.33. The number of carbonyl (C=O) groups excluding carboxylic acids is 1. The number of nitriles is 1. The lowest BCUT2D eigenvalue weighted by molar-refractivity contribution is -0.125. The Balaban J connectivity index is 2.00. The van der Waals surface area contributed by atoms with Gasteiger partial charge in [-0.05, 0) is 39.2 Å². The van der Waals surface area contributed by atoms with Crippen molar-refractivity contribution in [3.8, 4) is 6.07 Å². The van der Waals surface area contributed by atoms with Crippen molar-refractivity contribution in [2.75, 3.05) is 24.5 Å². The highest BCUT2D eigenvalue weighted by atomic mass is 16.1. The topological polar surface area (TPSA) is 69.0 Å². The van der Waals surface area contributed by atoms with Crippen LogP contribution < -0.4 is 10.2 Å². The second-order valence-electron chi connectivity index (χ2n) is 6.26. The molecular formula is C18H26N4O. The van der Waals surface area contributed by atoms with Crippen molar-refractivity contribution in [1.82, 2.24) is 10.3 Å². The van der Waals surface area contributed by atoms with Gasteiger partial charge in [0.2, 0.25) is 5.91 Å². The first-order valence-electron chi connectivity index (χ1n) is 8.47. The van der Waals surface area contributed by atoms with Gasteiger partial charge in [0, 0.05) is 31.2 Å². The number of aromatic nitrogens is 1. The number of nitrogens with zero attached hydrogens (tertiary/aromatic N) is 3. The van der Waals surface area contributed by atoms with Crippen LogP contribution in [0.1, 0.15) is 49.6 Å². The van der Waals surface area contributed by atoms with Gasteiger partial charge in [-0.15, -0.1) is 0 Å². The van der Waals surface area contributed by atoms with Crippen LogP contribution >= 0.6 is 0 Å². The molecule has 23 heavy (non-hydrogen) atoms. The summed E-state index contributed by atoms with van der Waals surface area (Å²) in [7, 11) is 0. The lowest BCUT2D eigenvalue weighted by atomic mass is 9.95. The monoisotopic (exact) mass is 314 g/mol. The molecule has 1 aliphatic rings. The Morgan fingerprint density at radius 3 is 2.74 bits per heavy atom. The smallest absolute Gasteiger partial charge is 0.223 e. The van der Waals surface area contributed by atoms with Gasteiger partial charge in [0.25, 0.3) is 0 Å². The van der Waals surface area contributed by atoms with Gasteiger partial charge in [0.15, 0.2) is 0 Å². The molecular weight excluding hydrogens is 288 g/mol. The molecule has 1 aromatic rings. The Bertz CT molecular complexity index is 598. The largest absolute Gasteiger partial charge is 0.370 e. The van der Waals surface area contributed by atoms with Gasteiger partial charge in [0.05, 0.1) is 16.9 Å².